The number of fused-ring (bicyclic) bond motifs is 1. The average molecular weight is 238 g/mol. The monoisotopic (exact) mass is 238 g/mol. The van der Waals surface area contributed by atoms with Gasteiger partial charge in [0.1, 0.15) is 0 Å². The van der Waals surface area contributed by atoms with E-state index >= 15 is 0 Å². The standard InChI is InChI=1S/C15H30N2/c1-15(2,3)8-5-9-16-13-7-11-17-10-4-6-14(17)12-13/h13-14,16H,4-12H2,1-3H3. The van der Waals surface area contributed by atoms with Crippen molar-refractivity contribution in [1.82, 2.24) is 10.2 Å². The summed E-state index contributed by atoms with van der Waals surface area (Å²) in [5.41, 5.74) is 0.497. The summed E-state index contributed by atoms with van der Waals surface area (Å²) in [6.45, 7) is 10.9. The van der Waals surface area contributed by atoms with Crippen LogP contribution in [0.4, 0.5) is 0 Å². The lowest BCUT2D eigenvalue weighted by atomic mass is 9.90. The molecule has 0 aliphatic carbocycles. The maximum Gasteiger partial charge on any atom is 0.0111 e. The molecule has 0 aromatic heterocycles. The molecule has 2 aliphatic heterocycles. The third-order valence-electron chi connectivity index (χ3n) is 4.36. The minimum Gasteiger partial charge on any atom is -0.314 e. The smallest absolute Gasteiger partial charge is 0.0111 e. The lowest BCUT2D eigenvalue weighted by molar-refractivity contribution is 0.166. The fraction of sp³-hybridized carbons (Fsp3) is 1.00. The molecule has 2 fully saturated rings. The first-order valence-corrected chi connectivity index (χ1v) is 7.52. The largest absolute Gasteiger partial charge is 0.314 e. The maximum absolute atomic E-state index is 3.78. The summed E-state index contributed by atoms with van der Waals surface area (Å²) in [6.07, 6.45) is 8.31. The Morgan fingerprint density at radius 2 is 2.00 bits per heavy atom. The molecule has 2 atom stereocenters. The Balaban J connectivity index is 1.60. The lowest BCUT2D eigenvalue weighted by Crippen LogP contribution is -2.45. The van der Waals surface area contributed by atoms with E-state index in [1.807, 2.05) is 0 Å². The molecule has 2 heterocycles. The van der Waals surface area contributed by atoms with E-state index in [1.165, 1.54) is 58.2 Å². The van der Waals surface area contributed by atoms with Crippen LogP contribution in [0.15, 0.2) is 0 Å². The Morgan fingerprint density at radius 3 is 2.76 bits per heavy atom. The van der Waals surface area contributed by atoms with Gasteiger partial charge in [-0.1, -0.05) is 20.8 Å². The third-order valence-corrected chi connectivity index (χ3v) is 4.36. The molecule has 1 N–H and O–H groups in total. The van der Waals surface area contributed by atoms with Crippen molar-refractivity contribution in [1.29, 1.82) is 0 Å². The van der Waals surface area contributed by atoms with Crippen molar-refractivity contribution in [2.45, 2.75) is 71.4 Å². The van der Waals surface area contributed by atoms with Gasteiger partial charge in [-0.05, 0) is 63.6 Å². The molecular weight excluding hydrogens is 208 g/mol. The zero-order valence-electron chi connectivity index (χ0n) is 12.0. The molecule has 0 aromatic rings. The van der Waals surface area contributed by atoms with Gasteiger partial charge in [-0.3, -0.25) is 0 Å². The van der Waals surface area contributed by atoms with Crippen LogP contribution in [0.2, 0.25) is 0 Å². The van der Waals surface area contributed by atoms with Gasteiger partial charge < -0.3 is 10.2 Å². The Kier molecular flexibility index (Phi) is 4.48. The van der Waals surface area contributed by atoms with E-state index in [-0.39, 0.29) is 0 Å². The zero-order chi connectivity index (χ0) is 12.3. The number of hydrogen-bond donors (Lipinski definition) is 1. The molecule has 2 unspecified atom stereocenters. The van der Waals surface area contributed by atoms with E-state index < -0.39 is 0 Å². The van der Waals surface area contributed by atoms with E-state index in [2.05, 4.69) is 31.0 Å². The van der Waals surface area contributed by atoms with Gasteiger partial charge in [0, 0.05) is 12.1 Å². The first kappa shape index (κ1) is 13.4. The van der Waals surface area contributed by atoms with Crippen LogP contribution in [0.3, 0.4) is 0 Å². The van der Waals surface area contributed by atoms with Crippen molar-refractivity contribution in [3.63, 3.8) is 0 Å². The highest BCUT2D eigenvalue weighted by molar-refractivity contribution is 4.89. The van der Waals surface area contributed by atoms with Gasteiger partial charge >= 0.3 is 0 Å². The number of nitrogens with one attached hydrogen (secondary N) is 1. The predicted octanol–water partition coefficient (Wildman–Crippen LogP) is 3.03. The normalized spacial score (nSPS) is 30.5. The Labute approximate surface area is 107 Å². The van der Waals surface area contributed by atoms with Crippen molar-refractivity contribution in [2.24, 2.45) is 5.41 Å². The third kappa shape index (κ3) is 4.26. The van der Waals surface area contributed by atoms with E-state index in [4.69, 9.17) is 0 Å². The van der Waals surface area contributed by atoms with E-state index in [0.717, 1.165) is 12.1 Å². The zero-order valence-corrected chi connectivity index (χ0v) is 12.0. The van der Waals surface area contributed by atoms with Gasteiger partial charge in [-0.25, -0.2) is 0 Å². The summed E-state index contributed by atoms with van der Waals surface area (Å²) >= 11 is 0. The van der Waals surface area contributed by atoms with Gasteiger partial charge in [0.2, 0.25) is 0 Å². The van der Waals surface area contributed by atoms with Gasteiger partial charge in [0.15, 0.2) is 0 Å². The molecule has 0 amide bonds. The van der Waals surface area contributed by atoms with E-state index in [0.29, 0.717) is 5.41 Å². The van der Waals surface area contributed by atoms with Crippen LogP contribution in [-0.4, -0.2) is 36.6 Å². The van der Waals surface area contributed by atoms with E-state index in [9.17, 15) is 0 Å². The van der Waals surface area contributed by atoms with Crippen LogP contribution in [0.25, 0.3) is 0 Å². The molecule has 0 spiro atoms. The van der Waals surface area contributed by atoms with E-state index in [1.54, 1.807) is 0 Å². The highest BCUT2D eigenvalue weighted by Gasteiger charge is 2.31. The SMILES string of the molecule is CC(C)(C)CCCNC1CCN2CCCC2C1. The number of rotatable bonds is 4. The van der Waals surface area contributed by atoms with Gasteiger partial charge in [0.25, 0.3) is 0 Å². The van der Waals surface area contributed by atoms with Crippen LogP contribution in [0.5, 0.6) is 0 Å². The molecule has 0 bridgehead atoms. The first-order chi connectivity index (χ1) is 8.04. The number of nitrogens with zero attached hydrogens (tertiary/aromatic N) is 1. The summed E-state index contributed by atoms with van der Waals surface area (Å²) in [5, 5.41) is 3.78. The molecular formula is C15H30N2. The van der Waals surface area contributed by atoms with Crippen LogP contribution < -0.4 is 5.32 Å². The molecule has 0 radical (unpaired) electrons. The summed E-state index contributed by atoms with van der Waals surface area (Å²) in [6, 6.07) is 1.71. The lowest BCUT2D eigenvalue weighted by Gasteiger charge is -2.35. The van der Waals surface area contributed by atoms with Crippen LogP contribution in [0, 0.1) is 5.41 Å². The fourth-order valence-corrected chi connectivity index (χ4v) is 3.33. The second-order valence-corrected chi connectivity index (χ2v) is 7.17. The van der Waals surface area contributed by atoms with Gasteiger partial charge in [-0.15, -0.1) is 0 Å². The summed E-state index contributed by atoms with van der Waals surface area (Å²) in [4.78, 5) is 2.70. The highest BCUT2D eigenvalue weighted by atomic mass is 15.2. The molecule has 100 valence electrons. The maximum atomic E-state index is 3.78. The molecule has 2 aliphatic rings. The second-order valence-electron chi connectivity index (χ2n) is 7.17. The fourth-order valence-electron chi connectivity index (χ4n) is 3.33. The van der Waals surface area contributed by atoms with Gasteiger partial charge in [0.05, 0.1) is 0 Å². The van der Waals surface area contributed by atoms with Crippen LogP contribution >= 0.6 is 0 Å². The van der Waals surface area contributed by atoms with Crippen molar-refractivity contribution in [2.75, 3.05) is 19.6 Å². The minimum absolute atomic E-state index is 0.497. The van der Waals surface area contributed by atoms with Gasteiger partial charge in [-0.2, -0.15) is 0 Å². The highest BCUT2D eigenvalue weighted by Crippen LogP contribution is 2.27. The topological polar surface area (TPSA) is 15.3 Å². The van der Waals surface area contributed by atoms with Crippen molar-refractivity contribution >= 4 is 0 Å². The first-order valence-electron chi connectivity index (χ1n) is 7.52. The Morgan fingerprint density at radius 1 is 1.18 bits per heavy atom. The quantitative estimate of drug-likeness (QED) is 0.757. The van der Waals surface area contributed by atoms with Crippen molar-refractivity contribution in [3.05, 3.63) is 0 Å². The van der Waals surface area contributed by atoms with Crippen LogP contribution in [0.1, 0.15) is 59.3 Å². The van der Waals surface area contributed by atoms with Crippen molar-refractivity contribution in [3.8, 4) is 0 Å². The Bertz CT molecular complexity index is 232. The number of piperidine rings is 1. The average Bonchev–Trinajstić information content (AvgIpc) is 2.70. The van der Waals surface area contributed by atoms with Crippen molar-refractivity contribution < 1.29 is 0 Å². The molecule has 2 nitrogen and oxygen atoms in total. The number of hydrogen-bond acceptors (Lipinski definition) is 2. The molecule has 2 saturated heterocycles. The molecule has 0 saturated carbocycles. The summed E-state index contributed by atoms with van der Waals surface area (Å²) in [7, 11) is 0. The molecule has 0 aromatic carbocycles. The summed E-state index contributed by atoms with van der Waals surface area (Å²) < 4.78 is 0. The minimum atomic E-state index is 0.497. The molecule has 2 heteroatoms. The summed E-state index contributed by atoms with van der Waals surface area (Å²) in [5.74, 6) is 0. The second kappa shape index (κ2) is 5.71. The van der Waals surface area contributed by atoms with Crippen LogP contribution in [-0.2, 0) is 0 Å². The molecule has 2 rings (SSSR count). The predicted molar refractivity (Wildman–Crippen MR) is 74.3 cm³/mol. The Hall–Kier alpha value is -0.0800. The molecule has 17 heavy (non-hydrogen) atoms.